The molecule has 0 amide bonds. The maximum Gasteiger partial charge on any atom is 0.310 e. The predicted molar refractivity (Wildman–Crippen MR) is 70.9 cm³/mol. The number of nitrogens with zero attached hydrogens (tertiary/aromatic N) is 1. The number of thiazole rings is 1. The van der Waals surface area contributed by atoms with Gasteiger partial charge in [0, 0.05) is 10.8 Å². The van der Waals surface area contributed by atoms with Gasteiger partial charge in [0.15, 0.2) is 0 Å². The minimum absolute atomic E-state index is 0.0479. The lowest BCUT2D eigenvalue weighted by atomic mass is 10.2. The van der Waals surface area contributed by atoms with Crippen LogP contribution >= 0.6 is 11.3 Å². The molecule has 0 bridgehead atoms. The summed E-state index contributed by atoms with van der Waals surface area (Å²) in [6.45, 7) is 4.26. The highest BCUT2D eigenvalue weighted by atomic mass is 32.1. The van der Waals surface area contributed by atoms with Crippen molar-refractivity contribution in [2.24, 2.45) is 5.92 Å². The van der Waals surface area contributed by atoms with Gasteiger partial charge in [-0.05, 0) is 32.4 Å². The first-order chi connectivity index (χ1) is 9.15. The van der Waals surface area contributed by atoms with Gasteiger partial charge < -0.3 is 9.15 Å². The first-order valence-corrected chi connectivity index (χ1v) is 7.09. The van der Waals surface area contributed by atoms with Crippen molar-refractivity contribution in [2.75, 3.05) is 0 Å². The molecule has 2 aromatic rings. The molecule has 2 aromatic heterocycles. The average molecular weight is 277 g/mol. The molecule has 0 spiro atoms. The van der Waals surface area contributed by atoms with E-state index in [0.717, 1.165) is 22.9 Å². The van der Waals surface area contributed by atoms with Crippen LogP contribution in [0.25, 0.3) is 0 Å². The SMILES string of the molecule is Cc1nc(COC(=O)[C@H]2C[C@@H]2c2ccco2)sc1C. The van der Waals surface area contributed by atoms with Crippen LogP contribution in [-0.4, -0.2) is 11.0 Å². The van der Waals surface area contributed by atoms with E-state index in [-0.39, 0.29) is 24.4 Å². The van der Waals surface area contributed by atoms with Gasteiger partial charge in [-0.25, -0.2) is 4.98 Å². The molecule has 3 rings (SSSR count). The van der Waals surface area contributed by atoms with Crippen LogP contribution in [0.5, 0.6) is 0 Å². The van der Waals surface area contributed by atoms with Crippen LogP contribution < -0.4 is 0 Å². The van der Waals surface area contributed by atoms with Crippen molar-refractivity contribution in [3.63, 3.8) is 0 Å². The second-order valence-electron chi connectivity index (χ2n) is 4.82. The molecule has 100 valence electrons. The van der Waals surface area contributed by atoms with E-state index in [1.54, 1.807) is 17.6 Å². The Morgan fingerprint density at radius 3 is 3.05 bits per heavy atom. The maximum absolute atomic E-state index is 11.9. The highest BCUT2D eigenvalue weighted by Gasteiger charge is 2.47. The van der Waals surface area contributed by atoms with Gasteiger partial charge in [0.25, 0.3) is 0 Å². The lowest BCUT2D eigenvalue weighted by molar-refractivity contribution is -0.146. The average Bonchev–Trinajstić information content (AvgIpc) is 2.86. The fourth-order valence-electron chi connectivity index (χ4n) is 2.11. The monoisotopic (exact) mass is 277 g/mol. The Bertz CT molecular complexity index is 568. The number of aryl methyl sites for hydroxylation is 2. The highest BCUT2D eigenvalue weighted by Crippen LogP contribution is 2.48. The molecule has 5 heteroatoms. The number of aromatic nitrogens is 1. The maximum atomic E-state index is 11.9. The molecule has 0 radical (unpaired) electrons. The Morgan fingerprint density at radius 1 is 1.58 bits per heavy atom. The van der Waals surface area contributed by atoms with Gasteiger partial charge in [-0.2, -0.15) is 0 Å². The van der Waals surface area contributed by atoms with Crippen molar-refractivity contribution >= 4 is 17.3 Å². The first-order valence-electron chi connectivity index (χ1n) is 6.28. The van der Waals surface area contributed by atoms with Gasteiger partial charge in [0.05, 0.1) is 17.9 Å². The van der Waals surface area contributed by atoms with Crippen LogP contribution in [0, 0.1) is 19.8 Å². The Balaban J connectivity index is 1.53. The molecule has 1 aliphatic carbocycles. The quantitative estimate of drug-likeness (QED) is 0.805. The molecule has 2 heterocycles. The third-order valence-electron chi connectivity index (χ3n) is 3.41. The molecular formula is C14H15NO3S. The Hall–Kier alpha value is -1.62. The number of hydrogen-bond acceptors (Lipinski definition) is 5. The van der Waals surface area contributed by atoms with Crippen molar-refractivity contribution in [3.05, 3.63) is 39.7 Å². The van der Waals surface area contributed by atoms with Gasteiger partial charge in [0.1, 0.15) is 17.4 Å². The summed E-state index contributed by atoms with van der Waals surface area (Å²) in [5.74, 6) is 0.880. The van der Waals surface area contributed by atoms with Crippen molar-refractivity contribution in [1.29, 1.82) is 0 Å². The molecule has 0 unspecified atom stereocenters. The Labute approximate surface area is 115 Å². The first kappa shape index (κ1) is 12.4. The lowest BCUT2D eigenvalue weighted by Gasteiger charge is -2.01. The minimum Gasteiger partial charge on any atom is -0.469 e. The third kappa shape index (κ3) is 2.56. The van der Waals surface area contributed by atoms with E-state index >= 15 is 0 Å². The fraction of sp³-hybridized carbons (Fsp3) is 0.429. The molecule has 1 aliphatic rings. The van der Waals surface area contributed by atoms with Crippen LogP contribution in [0.15, 0.2) is 22.8 Å². The summed E-state index contributed by atoms with van der Waals surface area (Å²) in [5, 5.41) is 0.860. The van der Waals surface area contributed by atoms with Gasteiger partial charge in [-0.15, -0.1) is 11.3 Å². The molecule has 2 atom stereocenters. The van der Waals surface area contributed by atoms with E-state index < -0.39 is 0 Å². The summed E-state index contributed by atoms with van der Waals surface area (Å²) < 4.78 is 10.6. The second-order valence-corrected chi connectivity index (χ2v) is 6.11. The minimum atomic E-state index is -0.146. The summed E-state index contributed by atoms with van der Waals surface area (Å²) >= 11 is 1.58. The van der Waals surface area contributed by atoms with Gasteiger partial charge in [0.2, 0.25) is 0 Å². The molecule has 1 saturated carbocycles. The Morgan fingerprint density at radius 2 is 2.42 bits per heavy atom. The summed E-state index contributed by atoms with van der Waals surface area (Å²) in [7, 11) is 0. The Kier molecular flexibility index (Phi) is 3.14. The summed E-state index contributed by atoms with van der Waals surface area (Å²) in [6.07, 6.45) is 2.46. The van der Waals surface area contributed by atoms with E-state index in [1.807, 2.05) is 26.0 Å². The van der Waals surface area contributed by atoms with Crippen LogP contribution in [0.1, 0.15) is 33.7 Å². The number of furan rings is 1. The molecule has 1 fully saturated rings. The van der Waals surface area contributed by atoms with Gasteiger partial charge in [-0.3, -0.25) is 4.79 Å². The van der Waals surface area contributed by atoms with Crippen LogP contribution in [-0.2, 0) is 16.1 Å². The molecule has 0 aromatic carbocycles. The predicted octanol–water partition coefficient (Wildman–Crippen LogP) is 3.20. The topological polar surface area (TPSA) is 52.3 Å². The molecule has 19 heavy (non-hydrogen) atoms. The van der Waals surface area contributed by atoms with Crippen LogP contribution in [0.3, 0.4) is 0 Å². The second kappa shape index (κ2) is 4.81. The van der Waals surface area contributed by atoms with E-state index in [2.05, 4.69) is 4.98 Å². The molecule has 0 saturated heterocycles. The zero-order valence-electron chi connectivity index (χ0n) is 10.9. The third-order valence-corrected chi connectivity index (χ3v) is 4.46. The van der Waals surface area contributed by atoms with Crippen LogP contribution in [0.2, 0.25) is 0 Å². The normalized spacial score (nSPS) is 21.4. The van der Waals surface area contributed by atoms with Crippen molar-refractivity contribution in [3.8, 4) is 0 Å². The highest BCUT2D eigenvalue weighted by molar-refractivity contribution is 7.11. The van der Waals surface area contributed by atoms with Crippen LogP contribution in [0.4, 0.5) is 0 Å². The van der Waals surface area contributed by atoms with E-state index in [0.29, 0.717) is 0 Å². The number of esters is 1. The molecule has 0 N–H and O–H groups in total. The molecular weight excluding hydrogens is 262 g/mol. The largest absolute Gasteiger partial charge is 0.469 e. The number of rotatable bonds is 4. The molecule has 4 nitrogen and oxygen atoms in total. The van der Waals surface area contributed by atoms with Gasteiger partial charge >= 0.3 is 5.97 Å². The number of carbonyl (C=O) groups excluding carboxylic acids is 1. The summed E-state index contributed by atoms with van der Waals surface area (Å²) in [6, 6.07) is 3.75. The zero-order valence-corrected chi connectivity index (χ0v) is 11.7. The smallest absolute Gasteiger partial charge is 0.310 e. The van der Waals surface area contributed by atoms with E-state index in [4.69, 9.17) is 9.15 Å². The van der Waals surface area contributed by atoms with E-state index in [9.17, 15) is 4.79 Å². The van der Waals surface area contributed by atoms with Crippen molar-refractivity contribution < 1.29 is 13.9 Å². The summed E-state index contributed by atoms with van der Waals surface area (Å²) in [4.78, 5) is 17.4. The van der Waals surface area contributed by atoms with Gasteiger partial charge in [-0.1, -0.05) is 0 Å². The number of ether oxygens (including phenoxy) is 1. The van der Waals surface area contributed by atoms with E-state index in [1.165, 1.54) is 4.88 Å². The van der Waals surface area contributed by atoms with Crippen molar-refractivity contribution in [2.45, 2.75) is 32.8 Å². The summed E-state index contributed by atoms with van der Waals surface area (Å²) in [5.41, 5.74) is 1.01. The standard InChI is InChI=1S/C14H15NO3S/c1-8-9(2)19-13(15-8)7-18-14(16)11-6-10(11)12-4-3-5-17-12/h3-5,10-11H,6-7H2,1-2H3/t10-,11-/m0/s1. The molecule has 0 aliphatic heterocycles. The number of carbonyl (C=O) groups is 1. The lowest BCUT2D eigenvalue weighted by Crippen LogP contribution is -2.07. The van der Waals surface area contributed by atoms with Crippen molar-refractivity contribution in [1.82, 2.24) is 4.98 Å². The number of hydrogen-bond donors (Lipinski definition) is 0. The fourth-order valence-corrected chi connectivity index (χ4v) is 2.96. The zero-order chi connectivity index (χ0) is 13.4.